The Kier molecular flexibility index (Phi) is 8.87. The predicted octanol–water partition coefficient (Wildman–Crippen LogP) is 4.64. The van der Waals surface area contributed by atoms with Crippen molar-refractivity contribution in [3.05, 3.63) is 23.2 Å². The zero-order valence-corrected chi connectivity index (χ0v) is 16.6. The zero-order valence-electron chi connectivity index (χ0n) is 15.8. The molecule has 2 rings (SSSR count). The molecule has 0 radical (unpaired) electrons. The van der Waals surface area contributed by atoms with Gasteiger partial charge in [-0.25, -0.2) is 0 Å². The van der Waals surface area contributed by atoms with Crippen LogP contribution in [0, 0.1) is 5.92 Å². The Hall–Kier alpha value is -0.970. The van der Waals surface area contributed by atoms with Crippen molar-refractivity contribution >= 4 is 11.6 Å². The molecule has 2 atom stereocenters. The van der Waals surface area contributed by atoms with Crippen molar-refractivity contribution in [1.82, 2.24) is 4.90 Å². The minimum atomic E-state index is 0.299. The van der Waals surface area contributed by atoms with E-state index in [0.29, 0.717) is 23.7 Å². The largest absolute Gasteiger partial charge is 0.497 e. The Morgan fingerprint density at radius 2 is 1.96 bits per heavy atom. The summed E-state index contributed by atoms with van der Waals surface area (Å²) in [6.07, 6.45) is 6.35. The van der Waals surface area contributed by atoms with Crippen LogP contribution in [-0.2, 0) is 4.74 Å². The van der Waals surface area contributed by atoms with E-state index in [-0.39, 0.29) is 0 Å². The minimum absolute atomic E-state index is 0.299. The van der Waals surface area contributed by atoms with Crippen molar-refractivity contribution in [2.45, 2.75) is 45.1 Å². The van der Waals surface area contributed by atoms with Gasteiger partial charge in [0.1, 0.15) is 11.5 Å². The summed E-state index contributed by atoms with van der Waals surface area (Å²) in [5.74, 6) is 2.03. The molecule has 25 heavy (non-hydrogen) atoms. The SMILES string of the molecule is CCCCCN1CC[C@@H](CCOc2cc(Cl)cc(OC)c2)[C@H](OC)C1. The highest BCUT2D eigenvalue weighted by molar-refractivity contribution is 6.30. The van der Waals surface area contributed by atoms with Crippen LogP contribution in [0.25, 0.3) is 0 Å². The van der Waals surface area contributed by atoms with Crippen molar-refractivity contribution in [3.8, 4) is 11.5 Å². The molecule has 142 valence electrons. The van der Waals surface area contributed by atoms with Gasteiger partial charge in [-0.1, -0.05) is 31.4 Å². The van der Waals surface area contributed by atoms with Crippen LogP contribution in [0.3, 0.4) is 0 Å². The maximum atomic E-state index is 6.08. The summed E-state index contributed by atoms with van der Waals surface area (Å²) in [7, 11) is 3.46. The lowest BCUT2D eigenvalue weighted by Gasteiger charge is -2.37. The van der Waals surface area contributed by atoms with Crippen molar-refractivity contribution in [3.63, 3.8) is 0 Å². The highest BCUT2D eigenvalue weighted by Gasteiger charge is 2.28. The molecular formula is C20H32ClNO3. The number of likely N-dealkylation sites (tertiary alicyclic amines) is 1. The van der Waals surface area contributed by atoms with Crippen molar-refractivity contribution in [1.29, 1.82) is 0 Å². The summed E-state index contributed by atoms with van der Waals surface area (Å²) in [5, 5.41) is 0.629. The second-order valence-electron chi connectivity index (χ2n) is 6.79. The summed E-state index contributed by atoms with van der Waals surface area (Å²) in [6.45, 7) is 6.32. The molecule has 1 aliphatic rings. The predicted molar refractivity (Wildman–Crippen MR) is 103 cm³/mol. The van der Waals surface area contributed by atoms with Gasteiger partial charge in [0.15, 0.2) is 0 Å². The van der Waals surface area contributed by atoms with Crippen LogP contribution in [0.1, 0.15) is 39.0 Å². The van der Waals surface area contributed by atoms with E-state index in [4.69, 9.17) is 25.8 Å². The third-order valence-corrected chi connectivity index (χ3v) is 5.22. The van der Waals surface area contributed by atoms with Gasteiger partial charge in [-0.15, -0.1) is 0 Å². The normalized spacial score (nSPS) is 21.3. The van der Waals surface area contributed by atoms with Crippen LogP contribution in [0.4, 0.5) is 0 Å². The molecule has 0 aromatic heterocycles. The Morgan fingerprint density at radius 3 is 2.68 bits per heavy atom. The summed E-state index contributed by atoms with van der Waals surface area (Å²) in [4.78, 5) is 2.54. The first-order valence-electron chi connectivity index (χ1n) is 9.38. The van der Waals surface area contributed by atoms with E-state index in [1.54, 1.807) is 13.2 Å². The third-order valence-electron chi connectivity index (χ3n) is 5.00. The number of benzene rings is 1. The van der Waals surface area contributed by atoms with E-state index in [0.717, 1.165) is 24.5 Å². The van der Waals surface area contributed by atoms with E-state index >= 15 is 0 Å². The molecule has 0 amide bonds. The van der Waals surface area contributed by atoms with Gasteiger partial charge in [-0.2, -0.15) is 0 Å². The molecule has 0 bridgehead atoms. The standard InChI is InChI=1S/C20H32ClNO3/c1-4-5-6-9-22-10-7-16(20(15-22)24-3)8-11-25-19-13-17(21)12-18(14-19)23-2/h12-14,16,20H,4-11,15H2,1-3H3/t16-,20+/m0/s1. The van der Waals surface area contributed by atoms with Crippen molar-refractivity contribution in [2.75, 3.05) is 40.5 Å². The summed E-state index contributed by atoms with van der Waals surface area (Å²) in [5.41, 5.74) is 0. The average molecular weight is 370 g/mol. The van der Waals surface area contributed by atoms with Crippen molar-refractivity contribution < 1.29 is 14.2 Å². The van der Waals surface area contributed by atoms with Crippen LogP contribution < -0.4 is 9.47 Å². The van der Waals surface area contributed by atoms with Crippen LogP contribution in [0.15, 0.2) is 18.2 Å². The Morgan fingerprint density at radius 1 is 1.16 bits per heavy atom. The monoisotopic (exact) mass is 369 g/mol. The first kappa shape index (κ1) is 20.3. The van der Waals surface area contributed by atoms with Gasteiger partial charge in [0.25, 0.3) is 0 Å². The Bertz CT molecular complexity index is 512. The van der Waals surface area contributed by atoms with Crippen LogP contribution >= 0.6 is 11.6 Å². The Balaban J connectivity index is 1.77. The molecule has 1 aliphatic heterocycles. The van der Waals surface area contributed by atoms with Gasteiger partial charge in [0.2, 0.25) is 0 Å². The number of unbranched alkanes of at least 4 members (excludes halogenated alkanes) is 2. The molecule has 0 saturated carbocycles. The maximum Gasteiger partial charge on any atom is 0.124 e. The number of rotatable bonds is 10. The second kappa shape index (κ2) is 10.9. The number of ether oxygens (including phenoxy) is 3. The van der Waals surface area contributed by atoms with Gasteiger partial charge < -0.3 is 19.1 Å². The summed E-state index contributed by atoms with van der Waals surface area (Å²) >= 11 is 6.08. The van der Waals surface area contributed by atoms with Crippen LogP contribution in [0.5, 0.6) is 11.5 Å². The average Bonchev–Trinajstić information content (AvgIpc) is 2.62. The number of piperidine rings is 1. The molecule has 1 aromatic carbocycles. The molecule has 0 unspecified atom stereocenters. The van der Waals surface area contributed by atoms with Gasteiger partial charge in [-0.3, -0.25) is 0 Å². The van der Waals surface area contributed by atoms with Gasteiger partial charge in [-0.05, 0) is 50.4 Å². The van der Waals surface area contributed by atoms with Gasteiger partial charge in [0, 0.05) is 24.7 Å². The quantitative estimate of drug-likeness (QED) is 0.562. The fourth-order valence-corrected chi connectivity index (χ4v) is 3.70. The second-order valence-corrected chi connectivity index (χ2v) is 7.23. The lowest BCUT2D eigenvalue weighted by atomic mass is 9.91. The zero-order chi connectivity index (χ0) is 18.1. The fraction of sp³-hybridized carbons (Fsp3) is 0.700. The lowest BCUT2D eigenvalue weighted by molar-refractivity contribution is -0.0180. The third kappa shape index (κ3) is 6.69. The molecule has 1 saturated heterocycles. The molecule has 1 fully saturated rings. The van der Waals surface area contributed by atoms with Crippen LogP contribution in [0.2, 0.25) is 5.02 Å². The number of halogens is 1. The molecule has 0 aliphatic carbocycles. The lowest BCUT2D eigenvalue weighted by Crippen LogP contribution is -2.45. The highest BCUT2D eigenvalue weighted by Crippen LogP contribution is 2.27. The van der Waals surface area contributed by atoms with Gasteiger partial charge in [0.05, 0.1) is 19.8 Å². The fourth-order valence-electron chi connectivity index (χ4n) is 3.48. The highest BCUT2D eigenvalue weighted by atomic mass is 35.5. The Labute approximate surface area is 157 Å². The van der Waals surface area contributed by atoms with E-state index in [1.807, 2.05) is 19.2 Å². The first-order chi connectivity index (χ1) is 12.2. The topological polar surface area (TPSA) is 30.9 Å². The van der Waals surface area contributed by atoms with Gasteiger partial charge >= 0.3 is 0 Å². The molecule has 1 heterocycles. The van der Waals surface area contributed by atoms with E-state index in [2.05, 4.69) is 11.8 Å². The van der Waals surface area contributed by atoms with E-state index in [9.17, 15) is 0 Å². The van der Waals surface area contributed by atoms with E-state index in [1.165, 1.54) is 38.8 Å². The molecule has 1 aromatic rings. The first-order valence-corrected chi connectivity index (χ1v) is 9.76. The smallest absolute Gasteiger partial charge is 0.124 e. The van der Waals surface area contributed by atoms with Crippen molar-refractivity contribution in [2.24, 2.45) is 5.92 Å². The van der Waals surface area contributed by atoms with Crippen LogP contribution in [-0.4, -0.2) is 51.5 Å². The molecule has 5 heteroatoms. The number of methoxy groups -OCH3 is 2. The molecule has 4 nitrogen and oxygen atoms in total. The summed E-state index contributed by atoms with van der Waals surface area (Å²) < 4.78 is 16.9. The number of hydrogen-bond acceptors (Lipinski definition) is 4. The van der Waals surface area contributed by atoms with E-state index < -0.39 is 0 Å². The molecule has 0 spiro atoms. The number of hydrogen-bond donors (Lipinski definition) is 0. The summed E-state index contributed by atoms with van der Waals surface area (Å²) in [6, 6.07) is 5.48. The maximum absolute atomic E-state index is 6.08. The molecular weight excluding hydrogens is 338 g/mol. The minimum Gasteiger partial charge on any atom is -0.497 e. The molecule has 0 N–H and O–H groups in total. The number of nitrogens with zero attached hydrogens (tertiary/aromatic N) is 1.